The second kappa shape index (κ2) is 12.1. The van der Waals surface area contributed by atoms with Gasteiger partial charge in [-0.3, -0.25) is 4.98 Å². The van der Waals surface area contributed by atoms with E-state index in [1.165, 1.54) is 53.0 Å². The summed E-state index contributed by atoms with van der Waals surface area (Å²) >= 11 is 1.85. The monoisotopic (exact) mass is 668 g/mol. The van der Waals surface area contributed by atoms with Crippen LogP contribution in [0.2, 0.25) is 0 Å². The second-order valence-electron chi connectivity index (χ2n) is 12.7. The van der Waals surface area contributed by atoms with Gasteiger partial charge in [0.25, 0.3) is 0 Å². The van der Waals surface area contributed by atoms with E-state index >= 15 is 0 Å². The lowest BCUT2D eigenvalue weighted by Gasteiger charge is -2.12. The smallest absolute Gasteiger partial charge is 0.164 e. The maximum Gasteiger partial charge on any atom is 0.164 e. The van der Waals surface area contributed by atoms with Gasteiger partial charge in [-0.25, -0.2) is 15.0 Å². The van der Waals surface area contributed by atoms with Crippen molar-refractivity contribution in [3.63, 3.8) is 0 Å². The molecule has 0 unspecified atom stereocenters. The minimum atomic E-state index is 0.647. The Labute approximate surface area is 298 Å². The van der Waals surface area contributed by atoms with E-state index in [2.05, 4.69) is 102 Å². The van der Waals surface area contributed by atoms with Crippen molar-refractivity contribution in [1.29, 1.82) is 0 Å². The number of benzene rings is 7. The van der Waals surface area contributed by atoms with E-state index in [1.54, 1.807) is 0 Å². The quantitative estimate of drug-likeness (QED) is 0.171. The van der Waals surface area contributed by atoms with Crippen LogP contribution in [-0.2, 0) is 0 Å². The molecule has 0 saturated carbocycles. The van der Waals surface area contributed by atoms with Crippen molar-refractivity contribution < 1.29 is 0 Å². The van der Waals surface area contributed by atoms with E-state index in [4.69, 9.17) is 15.0 Å². The first-order valence-corrected chi connectivity index (χ1v) is 17.8. The molecule has 10 aromatic rings. The third-order valence-corrected chi connectivity index (χ3v) is 10.8. The number of hydrogen-bond donors (Lipinski definition) is 0. The minimum absolute atomic E-state index is 0.647. The Hall–Kier alpha value is -6.56. The zero-order valence-corrected chi connectivity index (χ0v) is 28.2. The number of pyridine rings is 1. The molecule has 0 radical (unpaired) electrons. The molecule has 3 heterocycles. The number of hydrogen-bond acceptors (Lipinski definition) is 5. The third-order valence-electron chi connectivity index (χ3n) is 9.60. The van der Waals surface area contributed by atoms with Crippen LogP contribution in [0.25, 0.3) is 98.1 Å². The molecule has 0 bridgehead atoms. The number of rotatable bonds is 5. The molecular weight excluding hydrogens is 641 g/mol. The summed E-state index contributed by atoms with van der Waals surface area (Å²) in [5.41, 5.74) is 7.59. The van der Waals surface area contributed by atoms with E-state index in [1.807, 2.05) is 84.4 Å². The molecule has 0 amide bonds. The Bertz CT molecular complexity index is 2840. The molecule has 5 heteroatoms. The van der Waals surface area contributed by atoms with Gasteiger partial charge in [-0.05, 0) is 63.2 Å². The summed E-state index contributed by atoms with van der Waals surface area (Å²) < 4.78 is 2.56. The lowest BCUT2D eigenvalue weighted by molar-refractivity contribution is 1.07. The summed E-state index contributed by atoms with van der Waals surface area (Å²) in [7, 11) is 0. The largest absolute Gasteiger partial charge is 0.264 e. The standard InChI is InChI=1S/C46H28N4S/c1-3-9-31(10-4-1)44-48-45(32-11-5-2-6-12-32)50-46(49-44)33-19-15-30(16-20-33)40-26-36(27-41-38-13-7-8-14-42(38)51-43(40)41)34-21-17-29-18-22-35-28-47-24-23-37(35)39(29)25-34/h1-28H. The van der Waals surface area contributed by atoms with E-state index < -0.39 is 0 Å². The Morgan fingerprint density at radius 2 is 0.941 bits per heavy atom. The molecule has 0 spiro atoms. The summed E-state index contributed by atoms with van der Waals surface area (Å²) in [6, 6.07) is 55.6. The highest BCUT2D eigenvalue weighted by Crippen LogP contribution is 2.43. The fraction of sp³-hybridized carbons (Fsp3) is 0. The highest BCUT2D eigenvalue weighted by Gasteiger charge is 2.16. The highest BCUT2D eigenvalue weighted by molar-refractivity contribution is 7.26. The fourth-order valence-corrected chi connectivity index (χ4v) is 8.24. The molecule has 7 aromatic carbocycles. The van der Waals surface area contributed by atoms with Crippen LogP contribution >= 0.6 is 11.3 Å². The first kappa shape index (κ1) is 29.4. The van der Waals surface area contributed by atoms with Gasteiger partial charge in [0, 0.05) is 60.2 Å². The average Bonchev–Trinajstić information content (AvgIpc) is 3.59. The van der Waals surface area contributed by atoms with Gasteiger partial charge >= 0.3 is 0 Å². The number of thiophene rings is 1. The van der Waals surface area contributed by atoms with Gasteiger partial charge in [0.1, 0.15) is 0 Å². The van der Waals surface area contributed by atoms with Crippen LogP contribution in [0.5, 0.6) is 0 Å². The van der Waals surface area contributed by atoms with Crippen molar-refractivity contribution in [3.05, 3.63) is 170 Å². The Morgan fingerprint density at radius 3 is 1.67 bits per heavy atom. The molecule has 0 saturated heterocycles. The molecule has 238 valence electrons. The average molecular weight is 669 g/mol. The van der Waals surface area contributed by atoms with Crippen molar-refractivity contribution in [3.8, 4) is 56.4 Å². The third kappa shape index (κ3) is 5.23. The summed E-state index contributed by atoms with van der Waals surface area (Å²) in [6.07, 6.45) is 3.82. The van der Waals surface area contributed by atoms with Crippen LogP contribution in [0.3, 0.4) is 0 Å². The van der Waals surface area contributed by atoms with Crippen molar-refractivity contribution in [2.24, 2.45) is 0 Å². The van der Waals surface area contributed by atoms with Gasteiger partial charge in [-0.15, -0.1) is 11.3 Å². The van der Waals surface area contributed by atoms with Gasteiger partial charge in [0.15, 0.2) is 17.5 Å². The second-order valence-corrected chi connectivity index (χ2v) is 13.8. The minimum Gasteiger partial charge on any atom is -0.264 e. The van der Waals surface area contributed by atoms with E-state index in [9.17, 15) is 0 Å². The van der Waals surface area contributed by atoms with Crippen molar-refractivity contribution in [2.75, 3.05) is 0 Å². The van der Waals surface area contributed by atoms with Crippen LogP contribution in [0.1, 0.15) is 0 Å². The molecule has 3 aromatic heterocycles. The van der Waals surface area contributed by atoms with Crippen LogP contribution in [0, 0.1) is 0 Å². The normalized spacial score (nSPS) is 11.5. The summed E-state index contributed by atoms with van der Waals surface area (Å²) in [4.78, 5) is 19.1. The van der Waals surface area contributed by atoms with Gasteiger partial charge in [0.05, 0.1) is 0 Å². The van der Waals surface area contributed by atoms with Crippen LogP contribution in [0.4, 0.5) is 0 Å². The van der Waals surface area contributed by atoms with Crippen molar-refractivity contribution in [1.82, 2.24) is 19.9 Å². The zero-order chi connectivity index (χ0) is 33.7. The first-order chi connectivity index (χ1) is 25.2. The molecular formula is C46H28N4S. The lowest BCUT2D eigenvalue weighted by atomic mass is 9.93. The van der Waals surface area contributed by atoms with Crippen LogP contribution < -0.4 is 0 Å². The van der Waals surface area contributed by atoms with Crippen LogP contribution in [-0.4, -0.2) is 19.9 Å². The molecule has 0 aliphatic rings. The predicted molar refractivity (Wildman–Crippen MR) is 213 cm³/mol. The van der Waals surface area contributed by atoms with Gasteiger partial charge in [0.2, 0.25) is 0 Å². The summed E-state index contributed by atoms with van der Waals surface area (Å²) in [5.74, 6) is 1.96. The molecule has 0 aliphatic heterocycles. The highest BCUT2D eigenvalue weighted by atomic mass is 32.1. The van der Waals surface area contributed by atoms with Gasteiger partial charge in [-0.1, -0.05) is 127 Å². The molecule has 10 rings (SSSR count). The first-order valence-electron chi connectivity index (χ1n) is 17.0. The lowest BCUT2D eigenvalue weighted by Crippen LogP contribution is -2.00. The molecule has 0 atom stereocenters. The summed E-state index contributed by atoms with van der Waals surface area (Å²) in [6.45, 7) is 0. The zero-order valence-electron chi connectivity index (χ0n) is 27.4. The molecule has 0 aliphatic carbocycles. The van der Waals surface area contributed by atoms with E-state index in [0.29, 0.717) is 17.5 Å². The SMILES string of the molecule is c1ccc(-c2nc(-c3ccccc3)nc(-c3ccc(-c4cc(-c5ccc6ccc7cnccc7c6c5)cc5c4sc4ccccc45)cc3)n2)cc1. The van der Waals surface area contributed by atoms with E-state index in [-0.39, 0.29) is 0 Å². The maximum absolute atomic E-state index is 4.96. The van der Waals surface area contributed by atoms with Crippen LogP contribution in [0.15, 0.2) is 170 Å². The predicted octanol–water partition coefficient (Wildman–Crippen LogP) is 12.3. The topological polar surface area (TPSA) is 51.6 Å². The molecule has 4 nitrogen and oxygen atoms in total. The fourth-order valence-electron chi connectivity index (χ4n) is 7.02. The van der Waals surface area contributed by atoms with Crippen molar-refractivity contribution >= 4 is 53.1 Å². The Balaban J connectivity index is 1.12. The van der Waals surface area contributed by atoms with Gasteiger partial charge in [-0.2, -0.15) is 0 Å². The molecule has 0 fully saturated rings. The maximum atomic E-state index is 4.96. The van der Waals surface area contributed by atoms with Crippen molar-refractivity contribution in [2.45, 2.75) is 0 Å². The Morgan fingerprint density at radius 1 is 0.373 bits per heavy atom. The summed E-state index contributed by atoms with van der Waals surface area (Å²) in [5, 5.41) is 7.36. The van der Waals surface area contributed by atoms with Gasteiger partial charge < -0.3 is 0 Å². The number of fused-ring (bicyclic) bond motifs is 6. The number of nitrogens with zero attached hydrogens (tertiary/aromatic N) is 4. The molecule has 0 N–H and O–H groups in total. The number of aromatic nitrogens is 4. The molecule has 51 heavy (non-hydrogen) atoms. The Kier molecular flexibility index (Phi) is 6.96. The van der Waals surface area contributed by atoms with E-state index in [0.717, 1.165) is 27.6 Å².